The van der Waals surface area contributed by atoms with Crippen LogP contribution >= 0.6 is 0 Å². The fraction of sp³-hybridized carbons (Fsp3) is 0.812. The Labute approximate surface area is 122 Å². The second-order valence-electron chi connectivity index (χ2n) is 6.94. The van der Waals surface area contributed by atoms with Gasteiger partial charge in [0.25, 0.3) is 0 Å². The second-order valence-corrected chi connectivity index (χ2v) is 6.94. The SMILES string of the molecule is CCCCN(Cc1cc(CNC(C)(C)C)no1)C1CC1. The zero-order chi connectivity index (χ0) is 14.6. The van der Waals surface area contributed by atoms with Crippen molar-refractivity contribution in [3.05, 3.63) is 17.5 Å². The van der Waals surface area contributed by atoms with Gasteiger partial charge in [-0.15, -0.1) is 0 Å². The first-order valence-electron chi connectivity index (χ1n) is 7.91. The van der Waals surface area contributed by atoms with Crippen molar-refractivity contribution in [1.82, 2.24) is 15.4 Å². The highest BCUT2D eigenvalue weighted by molar-refractivity contribution is 5.06. The number of rotatable bonds is 8. The van der Waals surface area contributed by atoms with Gasteiger partial charge in [-0.3, -0.25) is 4.90 Å². The predicted octanol–water partition coefficient (Wildman–Crippen LogP) is 3.33. The van der Waals surface area contributed by atoms with Crippen molar-refractivity contribution in [2.24, 2.45) is 0 Å². The van der Waals surface area contributed by atoms with Crippen molar-refractivity contribution in [3.63, 3.8) is 0 Å². The average molecular weight is 279 g/mol. The molecule has 1 aromatic rings. The van der Waals surface area contributed by atoms with E-state index >= 15 is 0 Å². The molecule has 1 fully saturated rings. The maximum atomic E-state index is 5.49. The fourth-order valence-electron chi connectivity index (χ4n) is 2.26. The number of hydrogen-bond donors (Lipinski definition) is 1. The van der Waals surface area contributed by atoms with Crippen molar-refractivity contribution >= 4 is 0 Å². The normalized spacial score (nSPS) is 16.1. The Bertz CT molecular complexity index is 404. The smallest absolute Gasteiger partial charge is 0.151 e. The molecule has 4 heteroatoms. The highest BCUT2D eigenvalue weighted by Crippen LogP contribution is 2.28. The van der Waals surface area contributed by atoms with E-state index in [9.17, 15) is 0 Å². The molecule has 4 nitrogen and oxygen atoms in total. The number of hydrogen-bond acceptors (Lipinski definition) is 4. The molecule has 0 aliphatic heterocycles. The summed E-state index contributed by atoms with van der Waals surface area (Å²) >= 11 is 0. The van der Waals surface area contributed by atoms with Gasteiger partial charge < -0.3 is 9.84 Å². The Morgan fingerprint density at radius 2 is 2.15 bits per heavy atom. The highest BCUT2D eigenvalue weighted by atomic mass is 16.5. The Balaban J connectivity index is 1.84. The van der Waals surface area contributed by atoms with Crippen molar-refractivity contribution in [2.75, 3.05) is 6.54 Å². The van der Waals surface area contributed by atoms with Gasteiger partial charge in [-0.2, -0.15) is 0 Å². The average Bonchev–Trinajstić information content (AvgIpc) is 3.12. The lowest BCUT2D eigenvalue weighted by atomic mass is 10.1. The number of aromatic nitrogens is 1. The van der Waals surface area contributed by atoms with E-state index in [0.717, 1.165) is 30.6 Å². The van der Waals surface area contributed by atoms with Crippen molar-refractivity contribution < 1.29 is 4.52 Å². The lowest BCUT2D eigenvalue weighted by Gasteiger charge is -2.20. The van der Waals surface area contributed by atoms with Crippen LogP contribution in [0.1, 0.15) is 64.8 Å². The molecule has 1 aromatic heterocycles. The van der Waals surface area contributed by atoms with E-state index in [0.29, 0.717) is 0 Å². The monoisotopic (exact) mass is 279 g/mol. The molecular weight excluding hydrogens is 250 g/mol. The lowest BCUT2D eigenvalue weighted by Crippen LogP contribution is -2.35. The molecule has 0 spiro atoms. The van der Waals surface area contributed by atoms with Crippen LogP contribution in [0, 0.1) is 0 Å². The minimum Gasteiger partial charge on any atom is -0.360 e. The summed E-state index contributed by atoms with van der Waals surface area (Å²) in [5, 5.41) is 7.61. The first kappa shape index (κ1) is 15.5. The first-order valence-corrected chi connectivity index (χ1v) is 7.91. The topological polar surface area (TPSA) is 41.3 Å². The second kappa shape index (κ2) is 6.72. The van der Waals surface area contributed by atoms with Gasteiger partial charge in [0, 0.05) is 24.2 Å². The summed E-state index contributed by atoms with van der Waals surface area (Å²) in [5.41, 5.74) is 1.11. The summed E-state index contributed by atoms with van der Waals surface area (Å²) in [7, 11) is 0. The summed E-state index contributed by atoms with van der Waals surface area (Å²) in [6, 6.07) is 2.88. The molecule has 1 N–H and O–H groups in total. The number of nitrogens with one attached hydrogen (secondary N) is 1. The number of nitrogens with zero attached hydrogens (tertiary/aromatic N) is 2. The molecule has 0 atom stereocenters. The standard InChI is InChI=1S/C16H29N3O/c1-5-6-9-19(14-7-8-14)12-15-10-13(18-20-15)11-17-16(2,3)4/h10,14,17H,5-9,11-12H2,1-4H3. The summed E-state index contributed by atoms with van der Waals surface area (Å²) in [4.78, 5) is 2.55. The van der Waals surface area contributed by atoms with Crippen LogP contribution in [0.25, 0.3) is 0 Å². The van der Waals surface area contributed by atoms with E-state index in [1.54, 1.807) is 0 Å². The third kappa shape index (κ3) is 5.25. The summed E-state index contributed by atoms with van der Waals surface area (Å²) in [6.07, 6.45) is 5.20. The lowest BCUT2D eigenvalue weighted by molar-refractivity contribution is 0.218. The van der Waals surface area contributed by atoms with E-state index < -0.39 is 0 Å². The Morgan fingerprint density at radius 3 is 2.75 bits per heavy atom. The molecule has 2 rings (SSSR count). The van der Waals surface area contributed by atoms with E-state index in [-0.39, 0.29) is 5.54 Å². The Hall–Kier alpha value is -0.870. The maximum Gasteiger partial charge on any atom is 0.151 e. The van der Waals surface area contributed by atoms with E-state index in [2.05, 4.69) is 49.1 Å². The molecule has 0 radical (unpaired) electrons. The first-order chi connectivity index (χ1) is 9.48. The quantitative estimate of drug-likeness (QED) is 0.792. The van der Waals surface area contributed by atoms with Crippen molar-refractivity contribution in [2.45, 2.75) is 78.0 Å². The third-order valence-electron chi connectivity index (χ3n) is 3.63. The molecule has 0 saturated heterocycles. The molecule has 114 valence electrons. The molecule has 1 saturated carbocycles. The van der Waals surface area contributed by atoms with Gasteiger partial charge in [0.15, 0.2) is 5.76 Å². The van der Waals surface area contributed by atoms with Crippen LogP contribution in [0.4, 0.5) is 0 Å². The zero-order valence-electron chi connectivity index (χ0n) is 13.4. The van der Waals surface area contributed by atoms with Crippen molar-refractivity contribution in [3.8, 4) is 0 Å². The largest absolute Gasteiger partial charge is 0.360 e. The van der Waals surface area contributed by atoms with Crippen LogP contribution in [0.5, 0.6) is 0 Å². The van der Waals surface area contributed by atoms with E-state index in [1.807, 2.05) is 0 Å². The molecule has 1 aliphatic carbocycles. The van der Waals surface area contributed by atoms with Crippen LogP contribution in [-0.2, 0) is 13.1 Å². The fourth-order valence-corrected chi connectivity index (χ4v) is 2.26. The van der Waals surface area contributed by atoms with Gasteiger partial charge in [0.1, 0.15) is 0 Å². The van der Waals surface area contributed by atoms with Crippen LogP contribution in [0.15, 0.2) is 10.6 Å². The van der Waals surface area contributed by atoms with Gasteiger partial charge in [-0.1, -0.05) is 18.5 Å². The predicted molar refractivity (Wildman–Crippen MR) is 81.4 cm³/mol. The zero-order valence-corrected chi connectivity index (χ0v) is 13.4. The highest BCUT2D eigenvalue weighted by Gasteiger charge is 2.29. The van der Waals surface area contributed by atoms with Gasteiger partial charge in [-0.25, -0.2) is 0 Å². The summed E-state index contributed by atoms with van der Waals surface area (Å²) < 4.78 is 5.49. The van der Waals surface area contributed by atoms with E-state index in [1.165, 1.54) is 32.2 Å². The molecule has 1 aliphatic rings. The van der Waals surface area contributed by atoms with Gasteiger partial charge in [0.2, 0.25) is 0 Å². The molecular formula is C16H29N3O. The van der Waals surface area contributed by atoms with E-state index in [4.69, 9.17) is 4.52 Å². The van der Waals surface area contributed by atoms with Gasteiger partial charge in [0.05, 0.1) is 12.2 Å². The van der Waals surface area contributed by atoms with Crippen LogP contribution in [0.3, 0.4) is 0 Å². The maximum absolute atomic E-state index is 5.49. The Kier molecular flexibility index (Phi) is 5.22. The van der Waals surface area contributed by atoms with Crippen molar-refractivity contribution in [1.29, 1.82) is 0 Å². The summed E-state index contributed by atoms with van der Waals surface area (Å²) in [6.45, 7) is 11.6. The molecule has 20 heavy (non-hydrogen) atoms. The minimum atomic E-state index is 0.111. The van der Waals surface area contributed by atoms with Gasteiger partial charge in [-0.05, 0) is 46.6 Å². The molecule has 0 unspecified atom stereocenters. The molecule has 1 heterocycles. The van der Waals surface area contributed by atoms with Gasteiger partial charge >= 0.3 is 0 Å². The summed E-state index contributed by atoms with van der Waals surface area (Å²) in [5.74, 6) is 0.999. The minimum absolute atomic E-state index is 0.111. The number of unbranched alkanes of at least 4 members (excludes halogenated alkanes) is 1. The third-order valence-corrected chi connectivity index (χ3v) is 3.63. The van der Waals surface area contributed by atoms with Crippen LogP contribution in [-0.4, -0.2) is 28.2 Å². The molecule has 0 bridgehead atoms. The molecule has 0 amide bonds. The van der Waals surface area contributed by atoms with Crippen LogP contribution in [0.2, 0.25) is 0 Å². The Morgan fingerprint density at radius 1 is 1.40 bits per heavy atom. The van der Waals surface area contributed by atoms with Crippen LogP contribution < -0.4 is 5.32 Å². The molecule has 0 aromatic carbocycles.